The monoisotopic (exact) mass is 442 g/mol. The lowest BCUT2D eigenvalue weighted by Crippen LogP contribution is -2.56. The molecular formula is C24H30N2O4S. The Balaban J connectivity index is 1.60. The number of amides is 1. The van der Waals surface area contributed by atoms with Crippen molar-refractivity contribution in [2.45, 2.75) is 55.6 Å². The van der Waals surface area contributed by atoms with E-state index in [0.29, 0.717) is 25.1 Å². The molecule has 0 radical (unpaired) electrons. The predicted octanol–water partition coefficient (Wildman–Crippen LogP) is 3.17. The normalized spacial score (nSPS) is 25.0. The molecule has 0 bridgehead atoms. The van der Waals surface area contributed by atoms with Gasteiger partial charge < -0.3 is 10.0 Å². The fraction of sp³-hybridized carbons (Fsp3) is 0.458. The fourth-order valence-electron chi connectivity index (χ4n) is 4.80. The quantitative estimate of drug-likeness (QED) is 0.745. The van der Waals surface area contributed by atoms with Gasteiger partial charge in [0.05, 0.1) is 10.5 Å². The minimum atomic E-state index is -3.89. The SMILES string of the molecule is Cc1ccc(S(=O)(=O)N[C@H](C(=O)N2CC[C@@]3(O)CCCC[C@@H]3C2)c2ccccc2)cc1. The lowest BCUT2D eigenvalue weighted by atomic mass is 9.71. The highest BCUT2D eigenvalue weighted by molar-refractivity contribution is 7.89. The van der Waals surface area contributed by atoms with Gasteiger partial charge in [-0.2, -0.15) is 4.72 Å². The molecule has 166 valence electrons. The number of aliphatic hydroxyl groups is 1. The van der Waals surface area contributed by atoms with E-state index in [2.05, 4.69) is 4.72 Å². The Morgan fingerprint density at radius 3 is 2.52 bits per heavy atom. The molecule has 2 fully saturated rings. The number of piperidine rings is 1. The highest BCUT2D eigenvalue weighted by Crippen LogP contribution is 2.40. The highest BCUT2D eigenvalue weighted by atomic mass is 32.2. The van der Waals surface area contributed by atoms with Gasteiger partial charge in [0.1, 0.15) is 6.04 Å². The summed E-state index contributed by atoms with van der Waals surface area (Å²) in [4.78, 5) is 15.4. The van der Waals surface area contributed by atoms with Gasteiger partial charge in [0.2, 0.25) is 15.9 Å². The van der Waals surface area contributed by atoms with Crippen LogP contribution in [0.5, 0.6) is 0 Å². The second kappa shape index (κ2) is 8.73. The lowest BCUT2D eigenvalue weighted by Gasteiger charge is -2.48. The van der Waals surface area contributed by atoms with Crippen LogP contribution in [-0.2, 0) is 14.8 Å². The van der Waals surface area contributed by atoms with Gasteiger partial charge in [-0.25, -0.2) is 8.42 Å². The number of nitrogens with zero attached hydrogens (tertiary/aromatic N) is 1. The molecule has 1 saturated heterocycles. The molecule has 1 amide bonds. The summed E-state index contributed by atoms with van der Waals surface area (Å²) >= 11 is 0. The summed E-state index contributed by atoms with van der Waals surface area (Å²) in [5, 5.41) is 11.0. The van der Waals surface area contributed by atoms with E-state index in [9.17, 15) is 18.3 Å². The van der Waals surface area contributed by atoms with E-state index in [4.69, 9.17) is 0 Å². The smallest absolute Gasteiger partial charge is 0.245 e. The summed E-state index contributed by atoms with van der Waals surface area (Å²) < 4.78 is 28.8. The minimum Gasteiger partial charge on any atom is -0.389 e. The Bertz CT molecular complexity index is 1020. The van der Waals surface area contributed by atoms with Crippen LogP contribution in [0.1, 0.15) is 49.3 Å². The molecule has 2 aliphatic rings. The van der Waals surface area contributed by atoms with Crippen molar-refractivity contribution in [2.24, 2.45) is 5.92 Å². The first kappa shape index (κ1) is 22.0. The zero-order valence-corrected chi connectivity index (χ0v) is 18.6. The molecule has 2 N–H and O–H groups in total. The van der Waals surface area contributed by atoms with E-state index in [1.807, 2.05) is 13.0 Å². The number of carbonyl (C=O) groups is 1. The van der Waals surface area contributed by atoms with Crippen molar-refractivity contribution in [1.82, 2.24) is 9.62 Å². The largest absolute Gasteiger partial charge is 0.389 e. The number of rotatable bonds is 5. The van der Waals surface area contributed by atoms with Crippen LogP contribution >= 0.6 is 0 Å². The Morgan fingerprint density at radius 2 is 1.81 bits per heavy atom. The third kappa shape index (κ3) is 4.68. The van der Waals surface area contributed by atoms with Gasteiger partial charge in [-0.3, -0.25) is 4.79 Å². The molecule has 0 aromatic heterocycles. The molecule has 4 rings (SSSR count). The molecular weight excluding hydrogens is 412 g/mol. The Kier molecular flexibility index (Phi) is 6.19. The zero-order chi connectivity index (χ0) is 22.1. The Morgan fingerprint density at radius 1 is 1.10 bits per heavy atom. The number of nitrogens with one attached hydrogen (secondary N) is 1. The minimum absolute atomic E-state index is 0.0454. The molecule has 3 atom stereocenters. The number of likely N-dealkylation sites (tertiary alicyclic amines) is 1. The summed E-state index contributed by atoms with van der Waals surface area (Å²) in [5.41, 5.74) is 0.870. The fourth-order valence-corrected chi connectivity index (χ4v) is 5.98. The third-order valence-corrected chi connectivity index (χ3v) is 8.16. The first-order chi connectivity index (χ1) is 14.8. The van der Waals surface area contributed by atoms with Crippen molar-refractivity contribution >= 4 is 15.9 Å². The van der Waals surface area contributed by atoms with E-state index < -0.39 is 21.7 Å². The number of carbonyl (C=O) groups excluding carboxylic acids is 1. The lowest BCUT2D eigenvalue weighted by molar-refractivity contribution is -0.145. The van der Waals surface area contributed by atoms with Crippen LogP contribution in [0.3, 0.4) is 0 Å². The molecule has 7 heteroatoms. The number of sulfonamides is 1. The molecule has 1 saturated carbocycles. The Labute approximate surface area is 184 Å². The third-order valence-electron chi connectivity index (χ3n) is 6.72. The summed E-state index contributed by atoms with van der Waals surface area (Å²) in [6, 6.07) is 14.5. The molecule has 31 heavy (non-hydrogen) atoms. The second-order valence-electron chi connectivity index (χ2n) is 8.86. The van der Waals surface area contributed by atoms with Crippen molar-refractivity contribution in [1.29, 1.82) is 0 Å². The topological polar surface area (TPSA) is 86.7 Å². The van der Waals surface area contributed by atoms with Crippen molar-refractivity contribution < 1.29 is 18.3 Å². The van der Waals surface area contributed by atoms with Gasteiger partial charge in [0.25, 0.3) is 0 Å². The summed E-state index contributed by atoms with van der Waals surface area (Å²) in [5.74, 6) is -0.224. The molecule has 1 aliphatic carbocycles. The number of hydrogen-bond donors (Lipinski definition) is 2. The van der Waals surface area contributed by atoms with Crippen molar-refractivity contribution in [2.75, 3.05) is 13.1 Å². The van der Waals surface area contributed by atoms with Crippen LogP contribution in [0.2, 0.25) is 0 Å². The van der Waals surface area contributed by atoms with E-state index in [-0.39, 0.29) is 16.7 Å². The molecule has 1 heterocycles. The standard InChI is InChI=1S/C24H30N2O4S/c1-18-10-12-21(13-11-18)31(29,30)25-22(19-7-3-2-4-8-19)23(27)26-16-15-24(28)14-6-5-9-20(24)17-26/h2-4,7-8,10-13,20,22,25,28H,5-6,9,14-17H2,1H3/t20-,22+,24+/m1/s1. The summed E-state index contributed by atoms with van der Waals surface area (Å²) in [6.45, 7) is 2.79. The van der Waals surface area contributed by atoms with Gasteiger partial charge in [-0.05, 0) is 43.9 Å². The summed E-state index contributed by atoms with van der Waals surface area (Å²) in [6.07, 6.45) is 4.28. The molecule has 6 nitrogen and oxygen atoms in total. The van der Waals surface area contributed by atoms with Crippen molar-refractivity contribution in [3.63, 3.8) is 0 Å². The van der Waals surface area contributed by atoms with Crippen LogP contribution < -0.4 is 4.72 Å². The van der Waals surface area contributed by atoms with Crippen LogP contribution in [0.25, 0.3) is 0 Å². The van der Waals surface area contributed by atoms with Crippen LogP contribution in [0.4, 0.5) is 0 Å². The van der Waals surface area contributed by atoms with Gasteiger partial charge in [0, 0.05) is 19.0 Å². The van der Waals surface area contributed by atoms with Gasteiger partial charge in [0.15, 0.2) is 0 Å². The maximum atomic E-state index is 13.6. The number of benzene rings is 2. The molecule has 0 unspecified atom stereocenters. The number of aryl methyl sites for hydroxylation is 1. The van der Waals surface area contributed by atoms with Crippen molar-refractivity contribution in [3.8, 4) is 0 Å². The average molecular weight is 443 g/mol. The van der Waals surface area contributed by atoms with Gasteiger partial charge in [-0.15, -0.1) is 0 Å². The van der Waals surface area contributed by atoms with Gasteiger partial charge >= 0.3 is 0 Å². The molecule has 1 aliphatic heterocycles. The first-order valence-corrected chi connectivity index (χ1v) is 12.4. The molecule has 2 aromatic rings. The molecule has 0 spiro atoms. The molecule has 2 aromatic carbocycles. The van der Waals surface area contributed by atoms with Crippen LogP contribution in [-0.4, -0.2) is 43.0 Å². The summed E-state index contributed by atoms with van der Waals surface area (Å²) in [7, 11) is -3.89. The van der Waals surface area contributed by atoms with E-state index in [1.165, 1.54) is 0 Å². The maximum absolute atomic E-state index is 13.6. The second-order valence-corrected chi connectivity index (χ2v) is 10.6. The van der Waals surface area contributed by atoms with E-state index in [0.717, 1.165) is 31.2 Å². The average Bonchev–Trinajstić information content (AvgIpc) is 2.77. The Hall–Kier alpha value is -2.22. The maximum Gasteiger partial charge on any atom is 0.245 e. The number of hydrogen-bond acceptors (Lipinski definition) is 4. The zero-order valence-electron chi connectivity index (χ0n) is 17.8. The van der Waals surface area contributed by atoms with Crippen LogP contribution in [0, 0.1) is 12.8 Å². The van der Waals surface area contributed by atoms with Gasteiger partial charge in [-0.1, -0.05) is 60.9 Å². The van der Waals surface area contributed by atoms with E-state index in [1.54, 1.807) is 53.4 Å². The number of fused-ring (bicyclic) bond motifs is 1. The first-order valence-electron chi connectivity index (χ1n) is 10.9. The van der Waals surface area contributed by atoms with Crippen molar-refractivity contribution in [3.05, 3.63) is 65.7 Å². The highest BCUT2D eigenvalue weighted by Gasteiger charge is 2.45. The predicted molar refractivity (Wildman–Crippen MR) is 119 cm³/mol. The van der Waals surface area contributed by atoms with E-state index >= 15 is 0 Å². The van der Waals surface area contributed by atoms with Crippen LogP contribution in [0.15, 0.2) is 59.5 Å².